The minimum atomic E-state index is 0.312. The number of likely N-dealkylation sites (tertiary alicyclic amines) is 1. The van der Waals surface area contributed by atoms with Crippen LogP contribution in [0, 0.1) is 0 Å². The monoisotopic (exact) mass is 310 g/mol. The van der Waals surface area contributed by atoms with Crippen molar-refractivity contribution in [1.82, 2.24) is 19.6 Å². The van der Waals surface area contributed by atoms with Gasteiger partial charge in [0.05, 0.1) is 24.2 Å². The smallest absolute Gasteiger partial charge is 0.136 e. The van der Waals surface area contributed by atoms with Crippen molar-refractivity contribution in [2.45, 2.75) is 25.4 Å². The molecule has 0 aromatic carbocycles. The van der Waals surface area contributed by atoms with Gasteiger partial charge in [0.2, 0.25) is 0 Å². The Kier molecular flexibility index (Phi) is 4.13. The lowest BCUT2D eigenvalue weighted by Crippen LogP contribution is -2.33. The number of rotatable bonds is 6. The highest BCUT2D eigenvalue weighted by Crippen LogP contribution is 2.25. The summed E-state index contributed by atoms with van der Waals surface area (Å²) < 4.78 is 7.80. The van der Waals surface area contributed by atoms with Crippen molar-refractivity contribution in [2.24, 2.45) is 0 Å². The van der Waals surface area contributed by atoms with Crippen LogP contribution in [0.25, 0.3) is 5.65 Å². The van der Waals surface area contributed by atoms with Gasteiger partial charge >= 0.3 is 0 Å². The molecule has 3 aromatic rings. The van der Waals surface area contributed by atoms with E-state index in [1.807, 2.05) is 30.5 Å². The van der Waals surface area contributed by atoms with E-state index in [9.17, 15) is 0 Å². The fourth-order valence-electron chi connectivity index (χ4n) is 3.40. The lowest BCUT2D eigenvalue weighted by atomic mass is 10.2. The van der Waals surface area contributed by atoms with E-state index in [0.717, 1.165) is 37.6 Å². The van der Waals surface area contributed by atoms with Gasteiger partial charge in [-0.1, -0.05) is 6.07 Å². The van der Waals surface area contributed by atoms with E-state index < -0.39 is 0 Å². The van der Waals surface area contributed by atoms with E-state index >= 15 is 0 Å². The van der Waals surface area contributed by atoms with E-state index in [4.69, 9.17) is 4.42 Å². The third-order valence-corrected chi connectivity index (χ3v) is 4.59. The van der Waals surface area contributed by atoms with Crippen LogP contribution in [0.15, 0.2) is 53.4 Å². The van der Waals surface area contributed by atoms with Crippen molar-refractivity contribution >= 4 is 5.65 Å². The Balaban J connectivity index is 1.43. The van der Waals surface area contributed by atoms with Gasteiger partial charge < -0.3 is 14.1 Å². The van der Waals surface area contributed by atoms with E-state index in [2.05, 4.69) is 31.9 Å². The molecular formula is C18H22N4O. The zero-order valence-corrected chi connectivity index (χ0v) is 13.2. The molecule has 1 unspecified atom stereocenters. The van der Waals surface area contributed by atoms with Crippen LogP contribution >= 0.6 is 0 Å². The van der Waals surface area contributed by atoms with Gasteiger partial charge in [-0.05, 0) is 50.2 Å². The number of hydrogen-bond donors (Lipinski definition) is 1. The molecule has 1 saturated heterocycles. The van der Waals surface area contributed by atoms with Crippen molar-refractivity contribution < 1.29 is 4.42 Å². The summed E-state index contributed by atoms with van der Waals surface area (Å²) in [6.07, 6.45) is 8.34. The summed E-state index contributed by atoms with van der Waals surface area (Å²) in [4.78, 5) is 6.95. The lowest BCUT2D eigenvalue weighted by Gasteiger charge is -2.26. The van der Waals surface area contributed by atoms with Crippen LogP contribution in [0.4, 0.5) is 0 Å². The van der Waals surface area contributed by atoms with E-state index in [-0.39, 0.29) is 0 Å². The summed E-state index contributed by atoms with van der Waals surface area (Å²) in [5.74, 6) is 1.05. The van der Waals surface area contributed by atoms with Gasteiger partial charge in [0, 0.05) is 19.3 Å². The number of imidazole rings is 1. The molecule has 5 nitrogen and oxygen atoms in total. The van der Waals surface area contributed by atoms with Crippen molar-refractivity contribution in [1.29, 1.82) is 0 Å². The summed E-state index contributed by atoms with van der Waals surface area (Å²) in [7, 11) is 0. The molecule has 5 heteroatoms. The van der Waals surface area contributed by atoms with Gasteiger partial charge in [-0.2, -0.15) is 0 Å². The first kappa shape index (κ1) is 14.5. The Bertz CT molecular complexity index is 743. The van der Waals surface area contributed by atoms with E-state index in [1.54, 1.807) is 6.26 Å². The summed E-state index contributed by atoms with van der Waals surface area (Å²) >= 11 is 0. The molecule has 1 aliphatic rings. The second-order valence-electron chi connectivity index (χ2n) is 6.08. The Labute approximate surface area is 135 Å². The van der Waals surface area contributed by atoms with Gasteiger partial charge in [0.25, 0.3) is 0 Å². The number of fused-ring (bicyclic) bond motifs is 1. The Morgan fingerprint density at radius 2 is 2.09 bits per heavy atom. The predicted octanol–water partition coefficient (Wildman–Crippen LogP) is 2.85. The van der Waals surface area contributed by atoms with Crippen LogP contribution in [0.2, 0.25) is 0 Å². The number of nitrogens with one attached hydrogen (secondary N) is 1. The molecule has 0 aliphatic carbocycles. The van der Waals surface area contributed by atoms with Crippen molar-refractivity contribution in [3.05, 3.63) is 60.4 Å². The third kappa shape index (κ3) is 3.02. The molecule has 23 heavy (non-hydrogen) atoms. The molecule has 0 radical (unpaired) electrons. The summed E-state index contributed by atoms with van der Waals surface area (Å²) in [5.41, 5.74) is 2.17. The molecule has 0 spiro atoms. The van der Waals surface area contributed by atoms with Gasteiger partial charge in [-0.15, -0.1) is 0 Å². The Hall–Kier alpha value is -2.11. The number of nitrogens with zero attached hydrogens (tertiary/aromatic N) is 3. The fourth-order valence-corrected chi connectivity index (χ4v) is 3.40. The molecule has 0 amide bonds. The van der Waals surface area contributed by atoms with Gasteiger partial charge in [0.15, 0.2) is 0 Å². The Morgan fingerprint density at radius 3 is 2.91 bits per heavy atom. The number of aromatic nitrogens is 2. The molecule has 4 heterocycles. The second kappa shape index (κ2) is 6.56. The van der Waals surface area contributed by atoms with Gasteiger partial charge in [-0.25, -0.2) is 4.98 Å². The largest absolute Gasteiger partial charge is 0.468 e. The predicted molar refractivity (Wildman–Crippen MR) is 89.2 cm³/mol. The maximum Gasteiger partial charge on any atom is 0.136 e. The minimum absolute atomic E-state index is 0.312. The van der Waals surface area contributed by atoms with Gasteiger partial charge in [-0.3, -0.25) is 4.90 Å². The molecule has 0 saturated carbocycles. The first-order chi connectivity index (χ1) is 11.4. The molecule has 3 aromatic heterocycles. The lowest BCUT2D eigenvalue weighted by molar-refractivity contribution is 0.209. The maximum atomic E-state index is 5.67. The first-order valence-electron chi connectivity index (χ1n) is 8.31. The van der Waals surface area contributed by atoms with E-state index in [0.29, 0.717) is 6.04 Å². The van der Waals surface area contributed by atoms with Gasteiger partial charge in [0.1, 0.15) is 11.4 Å². The average Bonchev–Trinajstić information content (AvgIpc) is 3.33. The third-order valence-electron chi connectivity index (χ3n) is 4.59. The average molecular weight is 310 g/mol. The van der Waals surface area contributed by atoms with E-state index in [1.165, 1.54) is 18.5 Å². The van der Waals surface area contributed by atoms with Crippen molar-refractivity contribution in [3.8, 4) is 0 Å². The SMILES string of the molecule is c1coc(C(CNCc2cnc3ccccn23)N2CCCC2)c1. The molecule has 4 rings (SSSR count). The Morgan fingerprint density at radius 1 is 1.17 bits per heavy atom. The maximum absolute atomic E-state index is 5.67. The highest BCUT2D eigenvalue weighted by atomic mass is 16.3. The van der Waals surface area contributed by atoms with Crippen LogP contribution in [-0.2, 0) is 6.54 Å². The van der Waals surface area contributed by atoms with Crippen LogP contribution in [0.5, 0.6) is 0 Å². The van der Waals surface area contributed by atoms with Crippen molar-refractivity contribution in [2.75, 3.05) is 19.6 Å². The molecular weight excluding hydrogens is 288 g/mol. The highest BCUT2D eigenvalue weighted by molar-refractivity contribution is 5.39. The first-order valence-corrected chi connectivity index (χ1v) is 8.31. The molecule has 120 valence electrons. The molecule has 0 bridgehead atoms. The van der Waals surface area contributed by atoms with Crippen molar-refractivity contribution in [3.63, 3.8) is 0 Å². The number of hydrogen-bond acceptors (Lipinski definition) is 4. The zero-order chi connectivity index (χ0) is 15.5. The molecule has 1 aliphatic heterocycles. The minimum Gasteiger partial charge on any atom is -0.468 e. The number of furan rings is 1. The molecule has 1 atom stereocenters. The molecule has 1 N–H and O–H groups in total. The van der Waals surface area contributed by atoms with Crippen LogP contribution < -0.4 is 5.32 Å². The van der Waals surface area contributed by atoms with Crippen LogP contribution in [0.1, 0.15) is 30.3 Å². The zero-order valence-electron chi connectivity index (χ0n) is 13.2. The summed E-state index contributed by atoms with van der Waals surface area (Å²) in [6.45, 7) is 4.00. The molecule has 1 fully saturated rings. The normalized spacial score (nSPS) is 17.0. The second-order valence-corrected chi connectivity index (χ2v) is 6.08. The van der Waals surface area contributed by atoms with Crippen LogP contribution in [-0.4, -0.2) is 33.9 Å². The topological polar surface area (TPSA) is 45.7 Å². The standard InChI is InChI=1S/C18H22N4O/c1-2-10-22-15(13-20-18(22)7-1)12-19-14-16(17-6-5-11-23-17)21-8-3-4-9-21/h1-2,5-7,10-11,13,16,19H,3-4,8-9,12,14H2. The highest BCUT2D eigenvalue weighted by Gasteiger charge is 2.25. The quantitative estimate of drug-likeness (QED) is 0.760. The fraction of sp³-hybridized carbons (Fsp3) is 0.389. The summed E-state index contributed by atoms with van der Waals surface area (Å²) in [5, 5.41) is 3.58. The number of pyridine rings is 1. The summed E-state index contributed by atoms with van der Waals surface area (Å²) in [6, 6.07) is 10.4. The van der Waals surface area contributed by atoms with Crippen LogP contribution in [0.3, 0.4) is 0 Å².